The third kappa shape index (κ3) is 4.87. The van der Waals surface area contributed by atoms with Gasteiger partial charge in [-0.25, -0.2) is 8.78 Å². The van der Waals surface area contributed by atoms with Gasteiger partial charge in [0.15, 0.2) is 11.6 Å². The lowest BCUT2D eigenvalue weighted by Crippen LogP contribution is -2.42. The molecule has 40 heavy (non-hydrogen) atoms. The molecule has 0 aromatic heterocycles. The number of fused-ring (bicyclic) bond motifs is 5. The lowest BCUT2D eigenvalue weighted by atomic mass is 9.55. The minimum atomic E-state index is -0.748. The van der Waals surface area contributed by atoms with Crippen LogP contribution >= 0.6 is 0 Å². The number of ether oxygens (including phenoxy) is 2. The van der Waals surface area contributed by atoms with E-state index in [1.807, 2.05) is 30.3 Å². The molecule has 0 heterocycles. The van der Waals surface area contributed by atoms with Gasteiger partial charge in [0, 0.05) is 22.8 Å². The number of methoxy groups -OCH3 is 1. The van der Waals surface area contributed by atoms with Gasteiger partial charge < -0.3 is 14.6 Å². The fourth-order valence-electron chi connectivity index (χ4n) is 7.43. The molecule has 0 radical (unpaired) electrons. The van der Waals surface area contributed by atoms with Crippen LogP contribution in [0.15, 0.2) is 64.8 Å². The van der Waals surface area contributed by atoms with Crippen molar-refractivity contribution in [2.75, 3.05) is 7.11 Å². The number of halogens is 2. The summed E-state index contributed by atoms with van der Waals surface area (Å²) < 4.78 is 38.3. The van der Waals surface area contributed by atoms with Gasteiger partial charge in [-0.05, 0) is 115 Å². The number of aromatic hydroxyl groups is 1. The number of rotatable bonds is 6. The van der Waals surface area contributed by atoms with E-state index in [2.05, 4.69) is 18.1 Å². The number of hydrogen-bond acceptors (Lipinski definition) is 5. The number of phenolic OH excluding ortho intramolecular Hbond substituents is 1. The molecular formula is C33H34F2N2O3. The van der Waals surface area contributed by atoms with E-state index in [9.17, 15) is 13.9 Å². The summed E-state index contributed by atoms with van der Waals surface area (Å²) in [5.41, 5.74) is 5.55. The van der Waals surface area contributed by atoms with E-state index in [4.69, 9.17) is 14.6 Å². The van der Waals surface area contributed by atoms with Crippen LogP contribution in [-0.4, -0.2) is 24.1 Å². The van der Waals surface area contributed by atoms with Crippen molar-refractivity contribution in [2.24, 2.45) is 27.5 Å². The fraction of sp³-hybridized carbons (Fsp3) is 0.394. The van der Waals surface area contributed by atoms with E-state index in [0.717, 1.165) is 61.8 Å². The second-order valence-corrected chi connectivity index (χ2v) is 11.5. The first-order chi connectivity index (χ1) is 19.4. The molecule has 1 N–H and O–H groups in total. The summed E-state index contributed by atoms with van der Waals surface area (Å²) >= 11 is 0. The molecule has 3 aromatic carbocycles. The molecule has 3 aliphatic rings. The van der Waals surface area contributed by atoms with Crippen LogP contribution < -0.4 is 9.47 Å². The van der Waals surface area contributed by atoms with Gasteiger partial charge in [-0.1, -0.05) is 13.0 Å². The zero-order valence-electron chi connectivity index (χ0n) is 22.9. The van der Waals surface area contributed by atoms with E-state index in [-0.39, 0.29) is 17.8 Å². The van der Waals surface area contributed by atoms with E-state index in [1.54, 1.807) is 13.3 Å². The molecule has 208 valence electrons. The van der Waals surface area contributed by atoms with Crippen LogP contribution in [0.1, 0.15) is 67.2 Å². The Morgan fingerprint density at radius 1 is 1.00 bits per heavy atom. The van der Waals surface area contributed by atoms with Crippen molar-refractivity contribution in [3.05, 3.63) is 88.5 Å². The lowest BCUT2D eigenvalue weighted by Gasteiger charge is -2.49. The van der Waals surface area contributed by atoms with Gasteiger partial charge in [0.05, 0.1) is 13.3 Å². The molecule has 4 atom stereocenters. The SMILES string of the molecule is COc1ccc(C=NN=C2CCC3C4CCc5cc(O)ccc5C4CC[C@]23C)cc1COc1ccc(F)cc1F. The molecule has 0 saturated heterocycles. The van der Waals surface area contributed by atoms with Crippen molar-refractivity contribution in [1.29, 1.82) is 0 Å². The summed E-state index contributed by atoms with van der Waals surface area (Å²) in [6, 6.07) is 14.8. The first kappa shape index (κ1) is 26.5. The molecule has 3 aliphatic carbocycles. The van der Waals surface area contributed by atoms with E-state index >= 15 is 0 Å². The maximum atomic E-state index is 14.0. The maximum absolute atomic E-state index is 14.0. The lowest BCUT2D eigenvalue weighted by molar-refractivity contribution is 0.0955. The van der Waals surface area contributed by atoms with Crippen LogP contribution in [-0.2, 0) is 13.0 Å². The van der Waals surface area contributed by atoms with Crippen molar-refractivity contribution >= 4 is 11.9 Å². The molecule has 6 rings (SSSR count). The average molecular weight is 545 g/mol. The zero-order valence-corrected chi connectivity index (χ0v) is 22.9. The number of phenols is 1. The highest BCUT2D eigenvalue weighted by atomic mass is 19.1. The van der Waals surface area contributed by atoms with Gasteiger partial charge in [-0.3, -0.25) is 0 Å². The van der Waals surface area contributed by atoms with Gasteiger partial charge in [0.25, 0.3) is 0 Å². The Morgan fingerprint density at radius 3 is 2.67 bits per heavy atom. The van der Waals surface area contributed by atoms with E-state index in [1.165, 1.54) is 22.9 Å². The summed E-state index contributed by atoms with van der Waals surface area (Å²) in [6.07, 6.45) is 8.26. The number of hydrogen-bond donors (Lipinski definition) is 1. The molecule has 2 saturated carbocycles. The van der Waals surface area contributed by atoms with Crippen LogP contribution in [0.3, 0.4) is 0 Å². The van der Waals surface area contributed by atoms with Crippen LogP contribution in [0.5, 0.6) is 17.2 Å². The first-order valence-corrected chi connectivity index (χ1v) is 14.0. The van der Waals surface area contributed by atoms with Crippen molar-refractivity contribution in [3.63, 3.8) is 0 Å². The van der Waals surface area contributed by atoms with E-state index < -0.39 is 11.6 Å². The summed E-state index contributed by atoms with van der Waals surface area (Å²) in [5.74, 6) is 1.36. The van der Waals surface area contributed by atoms with Crippen molar-refractivity contribution < 1.29 is 23.4 Å². The molecule has 3 unspecified atom stereocenters. The number of benzene rings is 3. The van der Waals surface area contributed by atoms with Gasteiger partial charge in [0.1, 0.15) is 23.9 Å². The highest BCUT2D eigenvalue weighted by Gasteiger charge is 2.53. The maximum Gasteiger partial charge on any atom is 0.167 e. The standard InChI is InChI=1S/C33H34F2N2O3/c1-33-14-13-26-25-8-6-24(38)16-21(25)4-7-27(26)28(33)9-12-32(33)37-36-18-20-3-10-30(39-2)22(15-20)19-40-31-11-5-23(34)17-29(31)35/h3,5-6,8,10-11,15-18,26-28,38H,4,7,9,12-14,19H2,1-2H3/t26?,27?,28?,33-/m0/s1. The summed E-state index contributed by atoms with van der Waals surface area (Å²) in [4.78, 5) is 0. The predicted octanol–water partition coefficient (Wildman–Crippen LogP) is 7.59. The second-order valence-electron chi connectivity index (χ2n) is 11.5. The van der Waals surface area contributed by atoms with Gasteiger partial charge >= 0.3 is 0 Å². The highest BCUT2D eigenvalue weighted by Crippen LogP contribution is 2.60. The quantitative estimate of drug-likeness (QED) is 0.257. The largest absolute Gasteiger partial charge is 0.508 e. The predicted molar refractivity (Wildman–Crippen MR) is 151 cm³/mol. The van der Waals surface area contributed by atoms with Gasteiger partial charge in [-0.2, -0.15) is 10.2 Å². The second kappa shape index (κ2) is 10.7. The molecule has 3 aromatic rings. The molecular weight excluding hydrogens is 510 g/mol. The van der Waals surface area contributed by atoms with Crippen LogP contribution in [0, 0.1) is 28.9 Å². The Bertz CT molecular complexity index is 1490. The van der Waals surface area contributed by atoms with E-state index in [0.29, 0.717) is 29.3 Å². The monoisotopic (exact) mass is 544 g/mol. The molecule has 5 nitrogen and oxygen atoms in total. The Hall–Kier alpha value is -3.74. The molecule has 0 spiro atoms. The van der Waals surface area contributed by atoms with Crippen molar-refractivity contribution in [2.45, 2.75) is 58.0 Å². The summed E-state index contributed by atoms with van der Waals surface area (Å²) in [5, 5.41) is 19.2. The Morgan fingerprint density at radius 2 is 1.85 bits per heavy atom. The fourth-order valence-corrected chi connectivity index (χ4v) is 7.43. The van der Waals surface area contributed by atoms with Crippen LogP contribution in [0.25, 0.3) is 0 Å². The average Bonchev–Trinajstić information content (AvgIpc) is 3.28. The summed E-state index contributed by atoms with van der Waals surface area (Å²) in [7, 11) is 1.57. The third-order valence-corrected chi connectivity index (χ3v) is 9.42. The molecule has 0 amide bonds. The van der Waals surface area contributed by atoms with Crippen molar-refractivity contribution in [1.82, 2.24) is 0 Å². The Labute approximate surface area is 233 Å². The van der Waals surface area contributed by atoms with Crippen LogP contribution in [0.2, 0.25) is 0 Å². The smallest absolute Gasteiger partial charge is 0.167 e. The normalized spacial score (nSPS) is 26.4. The molecule has 2 fully saturated rings. The minimum Gasteiger partial charge on any atom is -0.508 e. The topological polar surface area (TPSA) is 63.4 Å². The summed E-state index contributed by atoms with van der Waals surface area (Å²) in [6.45, 7) is 2.44. The zero-order chi connectivity index (χ0) is 27.9. The molecule has 0 aliphatic heterocycles. The van der Waals surface area contributed by atoms with Gasteiger partial charge in [0.2, 0.25) is 0 Å². The third-order valence-electron chi connectivity index (χ3n) is 9.42. The number of nitrogens with zero attached hydrogens (tertiary/aromatic N) is 2. The first-order valence-electron chi connectivity index (χ1n) is 14.0. The Balaban J connectivity index is 1.17. The highest BCUT2D eigenvalue weighted by molar-refractivity contribution is 5.93. The minimum absolute atomic E-state index is 0.0210. The van der Waals surface area contributed by atoms with Gasteiger partial charge in [-0.15, -0.1) is 0 Å². The number of aryl methyl sites for hydroxylation is 1. The molecule has 7 heteroatoms. The van der Waals surface area contributed by atoms with Crippen molar-refractivity contribution in [3.8, 4) is 17.2 Å². The molecule has 0 bridgehead atoms. The van der Waals surface area contributed by atoms with Crippen LogP contribution in [0.4, 0.5) is 8.78 Å². The Kier molecular flexibility index (Phi) is 7.07.